The van der Waals surface area contributed by atoms with Gasteiger partial charge in [0.2, 0.25) is 0 Å². The summed E-state index contributed by atoms with van der Waals surface area (Å²) in [5.74, 6) is 0.513. The summed E-state index contributed by atoms with van der Waals surface area (Å²) in [7, 11) is 0. The molecule has 1 fully saturated rings. The minimum absolute atomic E-state index is 0. The van der Waals surface area contributed by atoms with E-state index in [9.17, 15) is 4.79 Å². The summed E-state index contributed by atoms with van der Waals surface area (Å²) in [6, 6.07) is 7.57. The predicted octanol–water partition coefficient (Wildman–Crippen LogP) is 1.80. The highest BCUT2D eigenvalue weighted by Crippen LogP contribution is 2.20. The molecule has 18 heavy (non-hydrogen) atoms. The molecule has 1 aliphatic heterocycles. The Morgan fingerprint density at radius 1 is 1.39 bits per heavy atom. The summed E-state index contributed by atoms with van der Waals surface area (Å²) in [4.78, 5) is 12.0. The summed E-state index contributed by atoms with van der Waals surface area (Å²) < 4.78 is 5.34. The first kappa shape index (κ1) is 12.9. The average Bonchev–Trinajstić information content (AvgIpc) is 2.70. The lowest BCUT2D eigenvalue weighted by atomic mass is 10.0. The van der Waals surface area contributed by atoms with Gasteiger partial charge in [0.1, 0.15) is 11.8 Å². The van der Waals surface area contributed by atoms with Crippen molar-refractivity contribution in [1.29, 1.82) is 0 Å². The van der Waals surface area contributed by atoms with Crippen LogP contribution in [0.5, 0.6) is 0 Å². The number of hydrogen-bond acceptors (Lipinski definition) is 3. The number of halogens is 1. The van der Waals surface area contributed by atoms with E-state index in [1.54, 1.807) is 0 Å². The molecular formula is C13H15ClN2O2. The zero-order valence-corrected chi connectivity index (χ0v) is 10.6. The second kappa shape index (κ2) is 5.42. The van der Waals surface area contributed by atoms with Crippen molar-refractivity contribution in [3.05, 3.63) is 36.1 Å². The van der Waals surface area contributed by atoms with Gasteiger partial charge >= 0.3 is 0 Å². The van der Waals surface area contributed by atoms with E-state index in [1.165, 1.54) is 6.26 Å². The van der Waals surface area contributed by atoms with E-state index in [-0.39, 0.29) is 18.3 Å². The van der Waals surface area contributed by atoms with Gasteiger partial charge in [0.15, 0.2) is 0 Å². The highest BCUT2D eigenvalue weighted by atomic mass is 35.5. The van der Waals surface area contributed by atoms with Crippen LogP contribution in [-0.4, -0.2) is 25.5 Å². The maximum absolute atomic E-state index is 12.0. The Labute approximate surface area is 111 Å². The molecule has 1 amide bonds. The lowest BCUT2D eigenvalue weighted by molar-refractivity contribution is 0.0943. The van der Waals surface area contributed by atoms with Gasteiger partial charge in [-0.25, -0.2) is 0 Å². The van der Waals surface area contributed by atoms with Crippen molar-refractivity contribution in [1.82, 2.24) is 10.6 Å². The molecule has 0 bridgehead atoms. The van der Waals surface area contributed by atoms with E-state index in [1.807, 2.05) is 24.3 Å². The van der Waals surface area contributed by atoms with Crippen molar-refractivity contribution in [2.75, 3.05) is 19.6 Å². The second-order valence-electron chi connectivity index (χ2n) is 4.38. The summed E-state index contributed by atoms with van der Waals surface area (Å²) in [5.41, 5.74) is 1.37. The molecule has 2 aromatic rings. The number of para-hydroxylation sites is 1. The first-order valence-corrected chi connectivity index (χ1v) is 5.80. The van der Waals surface area contributed by atoms with E-state index in [4.69, 9.17) is 4.42 Å². The minimum Gasteiger partial charge on any atom is -0.463 e. The Hall–Kier alpha value is -1.52. The third-order valence-corrected chi connectivity index (χ3v) is 3.14. The van der Waals surface area contributed by atoms with E-state index in [2.05, 4.69) is 10.6 Å². The second-order valence-corrected chi connectivity index (χ2v) is 4.38. The van der Waals surface area contributed by atoms with Gasteiger partial charge in [-0.05, 0) is 6.07 Å². The van der Waals surface area contributed by atoms with Crippen LogP contribution in [0.25, 0.3) is 11.0 Å². The Balaban J connectivity index is 0.00000120. The fourth-order valence-corrected chi connectivity index (χ4v) is 1.98. The smallest absolute Gasteiger partial charge is 0.255 e. The van der Waals surface area contributed by atoms with Crippen molar-refractivity contribution in [3.8, 4) is 0 Å². The first-order valence-electron chi connectivity index (χ1n) is 5.80. The van der Waals surface area contributed by atoms with Gasteiger partial charge < -0.3 is 15.1 Å². The number of carbonyl (C=O) groups is 1. The zero-order valence-electron chi connectivity index (χ0n) is 9.81. The van der Waals surface area contributed by atoms with Crippen LogP contribution in [0.2, 0.25) is 0 Å². The SMILES string of the molecule is Cl.O=C(NCC1CNC1)c1coc2ccccc12. The number of nitrogens with one attached hydrogen (secondary N) is 2. The third kappa shape index (κ3) is 2.35. The van der Waals surface area contributed by atoms with Crippen molar-refractivity contribution in [2.24, 2.45) is 5.92 Å². The van der Waals surface area contributed by atoms with E-state index in [0.717, 1.165) is 30.6 Å². The average molecular weight is 267 g/mol. The molecule has 0 atom stereocenters. The van der Waals surface area contributed by atoms with Gasteiger partial charge in [0, 0.05) is 30.9 Å². The summed E-state index contributed by atoms with van der Waals surface area (Å²) in [6.45, 7) is 2.71. The molecule has 2 N–H and O–H groups in total. The van der Waals surface area contributed by atoms with Gasteiger partial charge in [-0.1, -0.05) is 18.2 Å². The fraction of sp³-hybridized carbons (Fsp3) is 0.308. The number of hydrogen-bond donors (Lipinski definition) is 2. The van der Waals surface area contributed by atoms with E-state index in [0.29, 0.717) is 11.5 Å². The van der Waals surface area contributed by atoms with Gasteiger partial charge in [-0.2, -0.15) is 0 Å². The summed E-state index contributed by atoms with van der Waals surface area (Å²) in [5, 5.41) is 6.99. The Morgan fingerprint density at radius 2 is 2.17 bits per heavy atom. The Bertz CT molecular complexity index is 549. The van der Waals surface area contributed by atoms with Crippen molar-refractivity contribution >= 4 is 29.3 Å². The van der Waals surface area contributed by atoms with Gasteiger partial charge in [0.05, 0.1) is 5.56 Å². The van der Waals surface area contributed by atoms with Crippen LogP contribution in [-0.2, 0) is 0 Å². The molecule has 3 rings (SSSR count). The summed E-state index contributed by atoms with van der Waals surface area (Å²) in [6.07, 6.45) is 1.53. The molecule has 96 valence electrons. The van der Waals surface area contributed by atoms with Crippen LogP contribution in [0, 0.1) is 5.92 Å². The number of furan rings is 1. The molecule has 1 aromatic carbocycles. The fourth-order valence-electron chi connectivity index (χ4n) is 1.98. The first-order chi connectivity index (χ1) is 8.34. The Morgan fingerprint density at radius 3 is 2.89 bits per heavy atom. The van der Waals surface area contributed by atoms with Crippen LogP contribution < -0.4 is 10.6 Å². The lowest BCUT2D eigenvalue weighted by Crippen LogP contribution is -2.48. The largest absolute Gasteiger partial charge is 0.463 e. The highest BCUT2D eigenvalue weighted by Gasteiger charge is 2.19. The number of fused-ring (bicyclic) bond motifs is 1. The monoisotopic (exact) mass is 266 g/mol. The molecule has 0 spiro atoms. The van der Waals surface area contributed by atoms with Crippen LogP contribution in [0.15, 0.2) is 34.9 Å². The molecule has 0 unspecified atom stereocenters. The van der Waals surface area contributed by atoms with Crippen LogP contribution in [0.3, 0.4) is 0 Å². The quantitative estimate of drug-likeness (QED) is 0.891. The van der Waals surface area contributed by atoms with Crippen LogP contribution in [0.4, 0.5) is 0 Å². The van der Waals surface area contributed by atoms with Crippen LogP contribution >= 0.6 is 12.4 Å². The standard InChI is InChI=1S/C13H14N2O2.ClH/c16-13(15-7-9-5-14-6-9)11-8-17-12-4-2-1-3-10(11)12;/h1-4,8-9,14H,5-7H2,(H,15,16);1H. The molecule has 4 nitrogen and oxygen atoms in total. The van der Waals surface area contributed by atoms with Crippen molar-refractivity contribution < 1.29 is 9.21 Å². The lowest BCUT2D eigenvalue weighted by Gasteiger charge is -2.26. The van der Waals surface area contributed by atoms with E-state index < -0.39 is 0 Å². The van der Waals surface area contributed by atoms with Gasteiger partial charge in [-0.15, -0.1) is 12.4 Å². The third-order valence-electron chi connectivity index (χ3n) is 3.14. The molecule has 2 heterocycles. The number of amides is 1. The molecule has 1 aromatic heterocycles. The summed E-state index contributed by atoms with van der Waals surface area (Å²) >= 11 is 0. The minimum atomic E-state index is -0.0538. The maximum atomic E-state index is 12.0. The highest BCUT2D eigenvalue weighted by molar-refractivity contribution is 6.05. The number of carbonyl (C=O) groups excluding carboxylic acids is 1. The van der Waals surface area contributed by atoms with Gasteiger partial charge in [0.25, 0.3) is 5.91 Å². The molecule has 0 radical (unpaired) electrons. The molecular weight excluding hydrogens is 252 g/mol. The molecule has 0 aliphatic carbocycles. The number of benzene rings is 1. The van der Waals surface area contributed by atoms with Crippen LogP contribution in [0.1, 0.15) is 10.4 Å². The zero-order chi connectivity index (χ0) is 11.7. The molecule has 1 saturated heterocycles. The van der Waals surface area contributed by atoms with Crippen molar-refractivity contribution in [2.45, 2.75) is 0 Å². The number of rotatable bonds is 3. The molecule has 5 heteroatoms. The molecule has 1 aliphatic rings. The molecule has 0 saturated carbocycles. The topological polar surface area (TPSA) is 54.3 Å². The normalized spacial score (nSPS) is 14.9. The van der Waals surface area contributed by atoms with Crippen molar-refractivity contribution in [3.63, 3.8) is 0 Å². The predicted molar refractivity (Wildman–Crippen MR) is 72.2 cm³/mol. The maximum Gasteiger partial charge on any atom is 0.255 e. The van der Waals surface area contributed by atoms with Gasteiger partial charge in [-0.3, -0.25) is 4.79 Å². The van der Waals surface area contributed by atoms with E-state index >= 15 is 0 Å². The Kier molecular flexibility index (Phi) is 3.89.